The molecular weight excluding hydrogens is 488 g/mol. The second-order valence-electron chi connectivity index (χ2n) is 7.90. The van der Waals surface area contributed by atoms with E-state index < -0.39 is 34.3 Å². The number of methoxy groups -OCH3 is 1. The predicted molar refractivity (Wildman–Crippen MR) is 123 cm³/mol. The van der Waals surface area contributed by atoms with Gasteiger partial charge in [0.1, 0.15) is 17.1 Å². The standard InChI is InChI=1S/C23H24F4N4O3S/c1-14(2)16-5-7-18(8-6-16)35(32,33)30-28-12-15-4-9-21(34-3)17(10-15)13-31-20(23(26)27)11-19(29-31)22(24)25/h4-12,14,22-23,30H,13H2,1-3H3. The van der Waals surface area contributed by atoms with Gasteiger partial charge in [-0.2, -0.15) is 18.6 Å². The number of alkyl halides is 4. The summed E-state index contributed by atoms with van der Waals surface area (Å²) in [5, 5.41) is 7.36. The number of aromatic nitrogens is 2. The van der Waals surface area contributed by atoms with Crippen molar-refractivity contribution in [3.63, 3.8) is 0 Å². The lowest BCUT2D eigenvalue weighted by atomic mass is 10.0. The molecule has 3 rings (SSSR count). The Labute approximate surface area is 200 Å². The van der Waals surface area contributed by atoms with Gasteiger partial charge in [0.15, 0.2) is 0 Å². The highest BCUT2D eigenvalue weighted by Crippen LogP contribution is 2.28. The second-order valence-corrected chi connectivity index (χ2v) is 9.56. The molecule has 0 unspecified atom stereocenters. The Morgan fingerprint density at radius 2 is 1.74 bits per heavy atom. The van der Waals surface area contributed by atoms with Gasteiger partial charge in [0.05, 0.1) is 24.8 Å². The molecule has 1 N–H and O–H groups in total. The fraction of sp³-hybridized carbons (Fsp3) is 0.304. The van der Waals surface area contributed by atoms with Crippen molar-refractivity contribution in [3.05, 3.63) is 76.6 Å². The van der Waals surface area contributed by atoms with Gasteiger partial charge >= 0.3 is 0 Å². The average Bonchev–Trinajstić information content (AvgIpc) is 3.24. The van der Waals surface area contributed by atoms with E-state index in [2.05, 4.69) is 15.0 Å². The summed E-state index contributed by atoms with van der Waals surface area (Å²) in [4.78, 5) is 2.16. The molecule has 35 heavy (non-hydrogen) atoms. The summed E-state index contributed by atoms with van der Waals surface area (Å²) in [5.41, 5.74) is 0.351. The lowest BCUT2D eigenvalue weighted by Crippen LogP contribution is -2.18. The van der Waals surface area contributed by atoms with Crippen molar-refractivity contribution < 1.29 is 30.7 Å². The van der Waals surface area contributed by atoms with E-state index in [1.54, 1.807) is 18.2 Å². The average molecular weight is 513 g/mol. The Kier molecular flexibility index (Phi) is 8.15. The van der Waals surface area contributed by atoms with Crippen molar-refractivity contribution >= 4 is 16.2 Å². The molecule has 0 spiro atoms. The van der Waals surface area contributed by atoms with Crippen LogP contribution in [0, 0.1) is 0 Å². The molecule has 0 fully saturated rings. The molecule has 1 heterocycles. The van der Waals surface area contributed by atoms with Gasteiger partial charge in [0.25, 0.3) is 22.9 Å². The molecule has 1 aromatic heterocycles. The molecule has 0 atom stereocenters. The number of benzene rings is 2. The van der Waals surface area contributed by atoms with Gasteiger partial charge in [-0.25, -0.2) is 22.4 Å². The zero-order valence-corrected chi connectivity index (χ0v) is 19.9. The van der Waals surface area contributed by atoms with Crippen LogP contribution < -0.4 is 9.57 Å². The summed E-state index contributed by atoms with van der Waals surface area (Å²) < 4.78 is 83.6. The first-order valence-electron chi connectivity index (χ1n) is 10.5. The molecule has 2 aromatic carbocycles. The number of hydrogen-bond donors (Lipinski definition) is 1. The number of hydrogen-bond acceptors (Lipinski definition) is 5. The van der Waals surface area contributed by atoms with Gasteiger partial charge in [-0.3, -0.25) is 4.68 Å². The van der Waals surface area contributed by atoms with Crippen LogP contribution in [0.4, 0.5) is 17.6 Å². The molecule has 7 nitrogen and oxygen atoms in total. The first-order valence-corrected chi connectivity index (χ1v) is 12.0. The molecular formula is C23H24F4N4O3S. The lowest BCUT2D eigenvalue weighted by molar-refractivity contribution is 0.139. The normalized spacial score (nSPS) is 12.3. The third-order valence-electron chi connectivity index (χ3n) is 5.15. The van der Waals surface area contributed by atoms with Crippen molar-refractivity contribution in [1.82, 2.24) is 14.6 Å². The summed E-state index contributed by atoms with van der Waals surface area (Å²) in [7, 11) is -2.54. The highest BCUT2D eigenvalue weighted by Gasteiger charge is 2.22. The highest BCUT2D eigenvalue weighted by molar-refractivity contribution is 7.89. The van der Waals surface area contributed by atoms with Crippen molar-refractivity contribution in [1.29, 1.82) is 0 Å². The molecule has 0 bridgehead atoms. The quantitative estimate of drug-likeness (QED) is 0.228. The molecule has 0 saturated carbocycles. The maximum absolute atomic E-state index is 13.3. The Hall–Kier alpha value is -3.41. The predicted octanol–water partition coefficient (Wildman–Crippen LogP) is 5.25. The zero-order chi connectivity index (χ0) is 25.8. The van der Waals surface area contributed by atoms with Gasteiger partial charge in [-0.05, 0) is 53.4 Å². The minimum Gasteiger partial charge on any atom is -0.496 e. The summed E-state index contributed by atoms with van der Waals surface area (Å²) in [6.07, 6.45) is -4.77. The Morgan fingerprint density at radius 3 is 2.31 bits per heavy atom. The monoisotopic (exact) mass is 512 g/mol. The molecule has 0 radical (unpaired) electrons. The maximum atomic E-state index is 13.3. The van der Waals surface area contributed by atoms with Gasteiger partial charge in [0, 0.05) is 5.56 Å². The van der Waals surface area contributed by atoms with Gasteiger partial charge in [-0.15, -0.1) is 0 Å². The van der Waals surface area contributed by atoms with E-state index >= 15 is 0 Å². The van der Waals surface area contributed by atoms with Crippen LogP contribution in [0.25, 0.3) is 0 Å². The number of hydrazone groups is 1. The number of ether oxygens (including phenoxy) is 1. The van der Waals surface area contributed by atoms with Crippen LogP contribution in [-0.2, 0) is 16.6 Å². The largest absolute Gasteiger partial charge is 0.496 e. The van der Waals surface area contributed by atoms with Crippen LogP contribution in [0.3, 0.4) is 0 Å². The van der Waals surface area contributed by atoms with E-state index in [-0.39, 0.29) is 17.4 Å². The van der Waals surface area contributed by atoms with E-state index in [4.69, 9.17) is 4.74 Å². The van der Waals surface area contributed by atoms with E-state index in [9.17, 15) is 26.0 Å². The van der Waals surface area contributed by atoms with Crippen LogP contribution in [0.1, 0.15) is 60.7 Å². The lowest BCUT2D eigenvalue weighted by Gasteiger charge is -2.12. The Bertz CT molecular complexity index is 1290. The molecule has 188 valence electrons. The SMILES string of the molecule is COc1ccc(C=NNS(=O)(=O)c2ccc(C(C)C)cc2)cc1Cn1nc(C(F)F)cc1C(F)F. The Morgan fingerprint density at radius 1 is 1.06 bits per heavy atom. The minimum absolute atomic E-state index is 0.0440. The van der Waals surface area contributed by atoms with Crippen LogP contribution in [0.15, 0.2) is 58.5 Å². The maximum Gasteiger partial charge on any atom is 0.282 e. The molecule has 3 aromatic rings. The molecule has 0 amide bonds. The molecule has 0 aliphatic heterocycles. The van der Waals surface area contributed by atoms with Crippen LogP contribution in [0.2, 0.25) is 0 Å². The Balaban J connectivity index is 1.81. The summed E-state index contributed by atoms with van der Waals surface area (Å²) in [6.45, 7) is 3.71. The zero-order valence-electron chi connectivity index (χ0n) is 19.1. The topological polar surface area (TPSA) is 85.6 Å². The highest BCUT2D eigenvalue weighted by atomic mass is 32.2. The second kappa shape index (κ2) is 10.9. The number of halogens is 4. The number of nitrogens with zero attached hydrogens (tertiary/aromatic N) is 3. The van der Waals surface area contributed by atoms with Crippen molar-refractivity contribution in [3.8, 4) is 5.75 Å². The minimum atomic E-state index is -3.91. The molecule has 12 heteroatoms. The third-order valence-corrected chi connectivity index (χ3v) is 6.38. The van der Waals surface area contributed by atoms with Gasteiger partial charge in [0.2, 0.25) is 0 Å². The van der Waals surface area contributed by atoms with Crippen molar-refractivity contribution in [2.45, 2.75) is 44.1 Å². The van der Waals surface area contributed by atoms with Crippen molar-refractivity contribution in [2.75, 3.05) is 7.11 Å². The van der Waals surface area contributed by atoms with Crippen LogP contribution >= 0.6 is 0 Å². The summed E-state index contributed by atoms with van der Waals surface area (Å²) >= 11 is 0. The van der Waals surface area contributed by atoms with E-state index in [0.29, 0.717) is 22.9 Å². The number of sulfonamides is 1. The van der Waals surface area contributed by atoms with E-state index in [1.165, 1.54) is 37.6 Å². The third kappa shape index (κ3) is 6.38. The van der Waals surface area contributed by atoms with Gasteiger partial charge in [-0.1, -0.05) is 26.0 Å². The van der Waals surface area contributed by atoms with Crippen LogP contribution in [-0.4, -0.2) is 31.5 Å². The summed E-state index contributed by atoms with van der Waals surface area (Å²) in [5.74, 6) is 0.560. The molecule has 0 aliphatic carbocycles. The van der Waals surface area contributed by atoms with E-state index in [1.807, 2.05) is 13.8 Å². The fourth-order valence-electron chi connectivity index (χ4n) is 3.28. The molecule has 0 aliphatic rings. The summed E-state index contributed by atoms with van der Waals surface area (Å²) in [6, 6.07) is 11.7. The fourth-order valence-corrected chi connectivity index (χ4v) is 4.07. The number of nitrogens with one attached hydrogen (secondary N) is 1. The number of rotatable bonds is 10. The van der Waals surface area contributed by atoms with Crippen LogP contribution in [0.5, 0.6) is 5.75 Å². The first kappa shape index (κ1) is 26.2. The van der Waals surface area contributed by atoms with Gasteiger partial charge < -0.3 is 4.74 Å². The smallest absolute Gasteiger partial charge is 0.282 e. The molecule has 0 saturated heterocycles. The van der Waals surface area contributed by atoms with E-state index in [0.717, 1.165) is 10.2 Å². The van der Waals surface area contributed by atoms with Crippen molar-refractivity contribution in [2.24, 2.45) is 5.10 Å². The first-order chi connectivity index (χ1) is 16.5.